The molecule has 0 bridgehead atoms. The molecule has 7 heteroatoms. The van der Waals surface area contributed by atoms with Gasteiger partial charge in [-0.3, -0.25) is 4.90 Å². The van der Waals surface area contributed by atoms with Gasteiger partial charge in [0.05, 0.1) is 17.3 Å². The molecule has 0 aromatic carbocycles. The van der Waals surface area contributed by atoms with Gasteiger partial charge in [0.15, 0.2) is 5.92 Å². The Morgan fingerprint density at radius 2 is 2.24 bits per heavy atom. The number of hydrogen-bond acceptors (Lipinski definition) is 4. The van der Waals surface area contributed by atoms with Crippen LogP contribution in [0.25, 0.3) is 0 Å². The number of hydrogen-bond donors (Lipinski definition) is 0. The summed E-state index contributed by atoms with van der Waals surface area (Å²) in [5.41, 5.74) is 2.48. The van der Waals surface area contributed by atoms with E-state index in [1.807, 2.05) is 6.92 Å². The number of alkyl halides is 3. The maximum Gasteiger partial charge on any atom is 0.405 e. The van der Waals surface area contributed by atoms with E-state index < -0.39 is 12.1 Å². The van der Waals surface area contributed by atoms with E-state index in [9.17, 15) is 13.2 Å². The van der Waals surface area contributed by atoms with Crippen LogP contribution in [0.4, 0.5) is 13.2 Å². The van der Waals surface area contributed by atoms with Gasteiger partial charge in [0.25, 0.3) is 0 Å². The first kappa shape index (κ1) is 13.9. The number of halogens is 3. The van der Waals surface area contributed by atoms with Gasteiger partial charge in [-0.2, -0.15) is 18.4 Å². The summed E-state index contributed by atoms with van der Waals surface area (Å²) in [4.78, 5) is 6.43. The van der Waals surface area contributed by atoms with Gasteiger partial charge >= 0.3 is 6.18 Å². The molecule has 94 valence electrons. The van der Waals surface area contributed by atoms with Gasteiger partial charge in [0.2, 0.25) is 0 Å². The Morgan fingerprint density at radius 1 is 1.59 bits per heavy atom. The minimum atomic E-state index is -4.47. The zero-order valence-corrected chi connectivity index (χ0v) is 10.3. The molecule has 0 saturated carbocycles. The highest BCUT2D eigenvalue weighted by molar-refractivity contribution is 7.09. The minimum absolute atomic E-state index is 0.322. The second kappa shape index (κ2) is 5.47. The van der Waals surface area contributed by atoms with E-state index in [4.69, 9.17) is 5.26 Å². The molecule has 0 N–H and O–H groups in total. The Morgan fingerprint density at radius 3 is 2.65 bits per heavy atom. The van der Waals surface area contributed by atoms with E-state index in [-0.39, 0.29) is 6.54 Å². The van der Waals surface area contributed by atoms with Crippen LogP contribution in [0, 0.1) is 24.2 Å². The lowest BCUT2D eigenvalue weighted by atomic mass is 10.1. The van der Waals surface area contributed by atoms with Crippen molar-refractivity contribution in [2.75, 3.05) is 13.6 Å². The number of aromatic nitrogens is 1. The number of nitrogens with zero attached hydrogens (tertiary/aromatic N) is 3. The summed E-state index contributed by atoms with van der Waals surface area (Å²) in [5, 5.41) is 8.48. The van der Waals surface area contributed by atoms with Crippen LogP contribution in [0.15, 0.2) is 5.51 Å². The van der Waals surface area contributed by atoms with Crippen molar-refractivity contribution in [2.24, 2.45) is 5.92 Å². The predicted molar refractivity (Wildman–Crippen MR) is 58.3 cm³/mol. The van der Waals surface area contributed by atoms with Crippen LogP contribution in [0.2, 0.25) is 0 Å². The molecular weight excluding hydrogens is 251 g/mol. The SMILES string of the molecule is Cc1ncsc1CN(C)CC(C#N)C(F)(F)F. The third kappa shape index (κ3) is 3.98. The Hall–Kier alpha value is -1.13. The molecule has 0 fully saturated rings. The lowest BCUT2D eigenvalue weighted by Crippen LogP contribution is -2.33. The quantitative estimate of drug-likeness (QED) is 0.838. The fraction of sp³-hybridized carbons (Fsp3) is 0.600. The summed E-state index contributed by atoms with van der Waals surface area (Å²) in [6.07, 6.45) is -4.47. The summed E-state index contributed by atoms with van der Waals surface area (Å²) in [5.74, 6) is -1.94. The van der Waals surface area contributed by atoms with Crippen molar-refractivity contribution < 1.29 is 13.2 Å². The molecule has 1 aromatic heterocycles. The smallest absolute Gasteiger partial charge is 0.300 e. The zero-order chi connectivity index (χ0) is 13.1. The topological polar surface area (TPSA) is 39.9 Å². The van der Waals surface area contributed by atoms with E-state index in [1.165, 1.54) is 22.3 Å². The van der Waals surface area contributed by atoms with Gasteiger partial charge < -0.3 is 0 Å². The van der Waals surface area contributed by atoms with Crippen LogP contribution in [0.3, 0.4) is 0 Å². The summed E-state index contributed by atoms with van der Waals surface area (Å²) < 4.78 is 37.1. The Balaban J connectivity index is 2.58. The number of rotatable bonds is 4. The second-order valence-corrected chi connectivity index (χ2v) is 4.72. The molecule has 0 spiro atoms. The fourth-order valence-electron chi connectivity index (χ4n) is 1.32. The van der Waals surface area contributed by atoms with E-state index in [0.717, 1.165) is 10.6 Å². The molecule has 1 unspecified atom stereocenters. The van der Waals surface area contributed by atoms with Crippen LogP contribution >= 0.6 is 11.3 Å². The first-order valence-corrected chi connectivity index (χ1v) is 5.76. The standard InChI is InChI=1S/C10H12F3N3S/c1-7-9(17-6-15-7)5-16(2)4-8(3-14)10(11,12)13/h6,8H,4-5H2,1-2H3. The first-order chi connectivity index (χ1) is 7.84. The molecule has 0 radical (unpaired) electrons. The highest BCUT2D eigenvalue weighted by atomic mass is 32.1. The van der Waals surface area contributed by atoms with Crippen molar-refractivity contribution in [3.8, 4) is 6.07 Å². The molecule has 0 saturated heterocycles. The predicted octanol–water partition coefficient (Wildman–Crippen LogP) is 2.59. The molecule has 1 heterocycles. The molecule has 1 atom stereocenters. The van der Waals surface area contributed by atoms with Crippen molar-refractivity contribution in [2.45, 2.75) is 19.6 Å². The molecule has 1 rings (SSSR count). The molecule has 0 amide bonds. The van der Waals surface area contributed by atoms with Crippen molar-refractivity contribution in [3.05, 3.63) is 16.1 Å². The minimum Gasteiger partial charge on any atom is -0.300 e. The van der Waals surface area contributed by atoms with E-state index in [1.54, 1.807) is 12.6 Å². The summed E-state index contributed by atoms with van der Waals surface area (Å²) in [6.45, 7) is 1.87. The van der Waals surface area contributed by atoms with Gasteiger partial charge in [-0.05, 0) is 14.0 Å². The van der Waals surface area contributed by atoms with E-state index >= 15 is 0 Å². The lowest BCUT2D eigenvalue weighted by Gasteiger charge is -2.20. The van der Waals surface area contributed by atoms with Crippen LogP contribution in [-0.4, -0.2) is 29.7 Å². The monoisotopic (exact) mass is 263 g/mol. The van der Waals surface area contributed by atoms with E-state index in [0.29, 0.717) is 6.54 Å². The summed E-state index contributed by atoms with van der Waals surface area (Å²) >= 11 is 1.40. The lowest BCUT2D eigenvalue weighted by molar-refractivity contribution is -0.162. The number of thiazole rings is 1. The number of nitriles is 1. The van der Waals surface area contributed by atoms with Crippen LogP contribution < -0.4 is 0 Å². The van der Waals surface area contributed by atoms with Gasteiger partial charge in [0, 0.05) is 18.0 Å². The van der Waals surface area contributed by atoms with Crippen molar-refractivity contribution in [3.63, 3.8) is 0 Å². The first-order valence-electron chi connectivity index (χ1n) is 4.88. The normalized spacial score (nSPS) is 13.7. The Bertz CT molecular complexity index is 408. The third-order valence-corrected chi connectivity index (χ3v) is 3.22. The van der Waals surface area contributed by atoms with Crippen molar-refractivity contribution in [1.82, 2.24) is 9.88 Å². The van der Waals surface area contributed by atoms with Gasteiger partial charge in [-0.1, -0.05) is 0 Å². The molecule has 17 heavy (non-hydrogen) atoms. The summed E-state index contributed by atoms with van der Waals surface area (Å²) in [6, 6.07) is 1.29. The van der Waals surface area contributed by atoms with Crippen LogP contribution in [0.1, 0.15) is 10.6 Å². The maximum absolute atomic E-state index is 12.4. The summed E-state index contributed by atoms with van der Waals surface area (Å²) in [7, 11) is 1.56. The van der Waals surface area contributed by atoms with E-state index in [2.05, 4.69) is 4.98 Å². The molecule has 1 aromatic rings. The Kier molecular flexibility index (Phi) is 4.48. The average Bonchev–Trinajstić information content (AvgIpc) is 2.59. The second-order valence-electron chi connectivity index (χ2n) is 3.78. The van der Waals surface area contributed by atoms with Crippen LogP contribution in [0.5, 0.6) is 0 Å². The van der Waals surface area contributed by atoms with Gasteiger partial charge in [0.1, 0.15) is 0 Å². The molecular formula is C10H12F3N3S. The number of aryl methyl sites for hydroxylation is 1. The Labute approximate surface area is 101 Å². The van der Waals surface area contributed by atoms with Gasteiger partial charge in [-0.25, -0.2) is 4.98 Å². The van der Waals surface area contributed by atoms with Crippen LogP contribution in [-0.2, 0) is 6.54 Å². The third-order valence-electron chi connectivity index (χ3n) is 2.30. The average molecular weight is 263 g/mol. The van der Waals surface area contributed by atoms with Crippen molar-refractivity contribution >= 4 is 11.3 Å². The van der Waals surface area contributed by atoms with Gasteiger partial charge in [-0.15, -0.1) is 11.3 Å². The fourth-order valence-corrected chi connectivity index (χ4v) is 2.17. The zero-order valence-electron chi connectivity index (χ0n) is 9.45. The molecule has 0 aliphatic heterocycles. The maximum atomic E-state index is 12.4. The highest BCUT2D eigenvalue weighted by Crippen LogP contribution is 2.26. The van der Waals surface area contributed by atoms with Crippen molar-refractivity contribution in [1.29, 1.82) is 5.26 Å². The molecule has 0 aliphatic carbocycles. The molecule has 3 nitrogen and oxygen atoms in total. The molecule has 0 aliphatic rings. The largest absolute Gasteiger partial charge is 0.405 e. The highest BCUT2D eigenvalue weighted by Gasteiger charge is 2.40.